The fraction of sp³-hybridized carbons (Fsp3) is 0.875. The molecule has 0 spiro atoms. The molecule has 5 nitrogen and oxygen atoms in total. The van der Waals surface area contributed by atoms with Crippen LogP contribution in [-0.2, 0) is 14.3 Å². The summed E-state index contributed by atoms with van der Waals surface area (Å²) < 4.78 is 10.5. The predicted molar refractivity (Wildman–Crippen MR) is 78.8 cm³/mol. The number of carbonyl (C=O) groups is 2. The van der Waals surface area contributed by atoms with Crippen LogP contribution in [0, 0.1) is 17.3 Å². The molecule has 0 saturated heterocycles. The van der Waals surface area contributed by atoms with Gasteiger partial charge in [0.25, 0.3) is 0 Å². The molecule has 0 aromatic rings. The maximum absolute atomic E-state index is 12.1. The molecule has 120 valence electrons. The number of fused-ring (bicyclic) bond motifs is 1. The van der Waals surface area contributed by atoms with Crippen molar-refractivity contribution in [3.8, 4) is 0 Å². The Kier molecular flexibility index (Phi) is 4.49. The Morgan fingerprint density at radius 3 is 2.62 bits per heavy atom. The van der Waals surface area contributed by atoms with Gasteiger partial charge in [0.1, 0.15) is 5.60 Å². The SMILES string of the molecule is CCOC(=O)[C@@H]1[C@@H]2CCCC[C@]12CNC(=O)OC(C)(C)C. The van der Waals surface area contributed by atoms with Crippen LogP contribution in [0.25, 0.3) is 0 Å². The zero-order valence-electron chi connectivity index (χ0n) is 13.5. The van der Waals surface area contributed by atoms with E-state index in [0.717, 1.165) is 25.7 Å². The highest BCUT2D eigenvalue weighted by molar-refractivity contribution is 5.78. The molecule has 2 aliphatic carbocycles. The molecule has 0 aromatic carbocycles. The Morgan fingerprint density at radius 1 is 1.29 bits per heavy atom. The van der Waals surface area contributed by atoms with E-state index in [4.69, 9.17) is 9.47 Å². The van der Waals surface area contributed by atoms with Gasteiger partial charge in [-0.1, -0.05) is 12.8 Å². The molecular formula is C16H27NO4. The van der Waals surface area contributed by atoms with Gasteiger partial charge in [-0.3, -0.25) is 4.79 Å². The molecule has 0 aromatic heterocycles. The summed E-state index contributed by atoms with van der Waals surface area (Å²) in [6.07, 6.45) is 3.91. The number of hydrogen-bond donors (Lipinski definition) is 1. The van der Waals surface area contributed by atoms with Crippen molar-refractivity contribution >= 4 is 12.1 Å². The zero-order valence-corrected chi connectivity index (χ0v) is 13.5. The quantitative estimate of drug-likeness (QED) is 0.810. The average Bonchev–Trinajstić information content (AvgIpc) is 3.04. The van der Waals surface area contributed by atoms with Gasteiger partial charge in [-0.25, -0.2) is 4.79 Å². The maximum atomic E-state index is 12.1. The van der Waals surface area contributed by atoms with Crippen LogP contribution in [0.2, 0.25) is 0 Å². The average molecular weight is 297 g/mol. The standard InChI is InChI=1S/C16H27NO4/c1-5-20-13(18)12-11-8-6-7-9-16(11,12)10-17-14(19)21-15(2,3)4/h11-12H,5-10H2,1-4H3,(H,17,19)/t11-,12-,16+/m0/s1. The Morgan fingerprint density at radius 2 is 2.00 bits per heavy atom. The van der Waals surface area contributed by atoms with Gasteiger partial charge in [0, 0.05) is 12.0 Å². The zero-order chi connectivity index (χ0) is 15.7. The molecule has 1 N–H and O–H groups in total. The lowest BCUT2D eigenvalue weighted by Gasteiger charge is -2.24. The van der Waals surface area contributed by atoms with Crippen LogP contribution >= 0.6 is 0 Å². The number of hydrogen-bond acceptors (Lipinski definition) is 4. The number of amides is 1. The first-order valence-electron chi connectivity index (χ1n) is 7.93. The lowest BCUT2D eigenvalue weighted by Crippen LogP contribution is -2.37. The molecular weight excluding hydrogens is 270 g/mol. The minimum atomic E-state index is -0.502. The lowest BCUT2D eigenvalue weighted by molar-refractivity contribution is -0.145. The van der Waals surface area contributed by atoms with E-state index in [2.05, 4.69) is 5.32 Å². The van der Waals surface area contributed by atoms with E-state index in [1.54, 1.807) is 0 Å². The van der Waals surface area contributed by atoms with E-state index in [-0.39, 0.29) is 17.3 Å². The second-order valence-corrected chi connectivity index (χ2v) is 7.17. The van der Waals surface area contributed by atoms with Crippen molar-refractivity contribution < 1.29 is 19.1 Å². The van der Waals surface area contributed by atoms with E-state index in [9.17, 15) is 9.59 Å². The summed E-state index contributed by atoms with van der Waals surface area (Å²) in [6.45, 7) is 8.27. The fourth-order valence-electron chi connectivity index (χ4n) is 3.70. The summed E-state index contributed by atoms with van der Waals surface area (Å²) in [7, 11) is 0. The van der Waals surface area contributed by atoms with Crippen LogP contribution in [0.5, 0.6) is 0 Å². The summed E-state index contributed by atoms with van der Waals surface area (Å²) in [5.41, 5.74) is -0.598. The van der Waals surface area contributed by atoms with E-state index in [1.165, 1.54) is 0 Å². The largest absolute Gasteiger partial charge is 0.466 e. The normalized spacial score (nSPS) is 31.0. The van der Waals surface area contributed by atoms with Crippen LogP contribution in [0.3, 0.4) is 0 Å². The van der Waals surface area contributed by atoms with Crippen molar-refractivity contribution in [3.63, 3.8) is 0 Å². The number of nitrogens with one attached hydrogen (secondary N) is 1. The van der Waals surface area contributed by atoms with Crippen LogP contribution in [0.1, 0.15) is 53.4 Å². The molecule has 2 fully saturated rings. The molecule has 2 saturated carbocycles. The Hall–Kier alpha value is -1.26. The molecule has 2 rings (SSSR count). The number of alkyl carbamates (subject to hydrolysis) is 1. The molecule has 0 bridgehead atoms. The van der Waals surface area contributed by atoms with Gasteiger partial charge in [0.15, 0.2) is 0 Å². The van der Waals surface area contributed by atoms with Gasteiger partial charge >= 0.3 is 12.1 Å². The van der Waals surface area contributed by atoms with Gasteiger partial charge in [-0.15, -0.1) is 0 Å². The molecule has 1 amide bonds. The molecule has 0 heterocycles. The monoisotopic (exact) mass is 297 g/mol. The van der Waals surface area contributed by atoms with Gasteiger partial charge in [0.2, 0.25) is 0 Å². The van der Waals surface area contributed by atoms with E-state index >= 15 is 0 Å². The molecule has 0 unspecified atom stereocenters. The van der Waals surface area contributed by atoms with Gasteiger partial charge in [-0.2, -0.15) is 0 Å². The Bertz CT molecular complexity index is 415. The maximum Gasteiger partial charge on any atom is 0.407 e. The third-order valence-electron chi connectivity index (χ3n) is 4.56. The van der Waals surface area contributed by atoms with Crippen molar-refractivity contribution in [2.45, 2.75) is 59.0 Å². The minimum Gasteiger partial charge on any atom is -0.466 e. The second kappa shape index (κ2) is 5.85. The predicted octanol–water partition coefficient (Wildman–Crippen LogP) is 2.88. The van der Waals surface area contributed by atoms with E-state index < -0.39 is 11.7 Å². The van der Waals surface area contributed by atoms with Crippen molar-refractivity contribution in [1.82, 2.24) is 5.32 Å². The third-order valence-corrected chi connectivity index (χ3v) is 4.56. The highest BCUT2D eigenvalue weighted by atomic mass is 16.6. The van der Waals surface area contributed by atoms with Crippen molar-refractivity contribution in [2.24, 2.45) is 17.3 Å². The number of rotatable bonds is 4. The molecule has 5 heteroatoms. The third kappa shape index (κ3) is 3.50. The van der Waals surface area contributed by atoms with Crippen molar-refractivity contribution in [2.75, 3.05) is 13.2 Å². The molecule has 0 radical (unpaired) electrons. The lowest BCUT2D eigenvalue weighted by atomic mass is 9.88. The first-order valence-corrected chi connectivity index (χ1v) is 7.93. The van der Waals surface area contributed by atoms with Gasteiger partial charge in [-0.05, 0) is 46.5 Å². The summed E-state index contributed by atoms with van der Waals surface area (Å²) in [5.74, 6) is 0.213. The van der Waals surface area contributed by atoms with E-state index in [1.807, 2.05) is 27.7 Å². The smallest absolute Gasteiger partial charge is 0.407 e. The molecule has 3 atom stereocenters. The minimum absolute atomic E-state index is 0.0464. The Balaban J connectivity index is 1.93. The topological polar surface area (TPSA) is 64.6 Å². The number of ether oxygens (including phenoxy) is 2. The summed E-state index contributed by atoms with van der Waals surface area (Å²) in [4.78, 5) is 23.9. The molecule has 0 aliphatic heterocycles. The van der Waals surface area contributed by atoms with E-state index in [0.29, 0.717) is 19.1 Å². The first kappa shape index (κ1) is 16.1. The first-order chi connectivity index (χ1) is 9.80. The number of esters is 1. The van der Waals surface area contributed by atoms with Crippen LogP contribution in [-0.4, -0.2) is 30.8 Å². The second-order valence-electron chi connectivity index (χ2n) is 7.17. The highest BCUT2D eigenvalue weighted by Gasteiger charge is 2.68. The molecule has 21 heavy (non-hydrogen) atoms. The van der Waals surface area contributed by atoms with Crippen LogP contribution < -0.4 is 5.32 Å². The van der Waals surface area contributed by atoms with Crippen molar-refractivity contribution in [1.29, 1.82) is 0 Å². The van der Waals surface area contributed by atoms with Crippen LogP contribution in [0.15, 0.2) is 0 Å². The molecule has 2 aliphatic rings. The summed E-state index contributed by atoms with van der Waals surface area (Å²) in [5, 5.41) is 2.85. The summed E-state index contributed by atoms with van der Waals surface area (Å²) in [6, 6.07) is 0. The summed E-state index contributed by atoms with van der Waals surface area (Å²) >= 11 is 0. The Labute approximate surface area is 126 Å². The van der Waals surface area contributed by atoms with Gasteiger partial charge < -0.3 is 14.8 Å². The number of carbonyl (C=O) groups excluding carboxylic acids is 2. The van der Waals surface area contributed by atoms with Gasteiger partial charge in [0.05, 0.1) is 12.5 Å². The van der Waals surface area contributed by atoms with Crippen molar-refractivity contribution in [3.05, 3.63) is 0 Å². The highest BCUT2D eigenvalue weighted by Crippen LogP contribution is 2.66. The fourth-order valence-corrected chi connectivity index (χ4v) is 3.70. The van der Waals surface area contributed by atoms with Crippen LogP contribution in [0.4, 0.5) is 4.79 Å².